The van der Waals surface area contributed by atoms with Crippen LogP contribution in [0.15, 0.2) is 28.7 Å². The standard InChI is InChI=1S/C14H13F2NO4/c1-7-3-2-4-8-5-10(21-12(7)8)13(18)17-9(14(19)20)6-11(15)16/h2-5,9,11H,6H2,1H3,(H,17,18)(H,19,20). The highest BCUT2D eigenvalue weighted by atomic mass is 19.3. The summed E-state index contributed by atoms with van der Waals surface area (Å²) in [6, 6.07) is 5.10. The molecule has 0 saturated heterocycles. The zero-order valence-electron chi connectivity index (χ0n) is 11.1. The van der Waals surface area contributed by atoms with Crippen molar-refractivity contribution in [1.29, 1.82) is 0 Å². The summed E-state index contributed by atoms with van der Waals surface area (Å²) in [5.74, 6) is -2.46. The number of carboxylic acid groups (broad SMARTS) is 1. The number of hydrogen-bond acceptors (Lipinski definition) is 3. The topological polar surface area (TPSA) is 79.5 Å². The molecule has 1 aromatic carbocycles. The van der Waals surface area contributed by atoms with E-state index in [-0.39, 0.29) is 5.76 Å². The van der Waals surface area contributed by atoms with Gasteiger partial charge in [0.05, 0.1) is 0 Å². The normalized spacial score (nSPS) is 12.6. The number of carboxylic acids is 1. The number of nitrogens with one attached hydrogen (secondary N) is 1. The van der Waals surface area contributed by atoms with Crippen LogP contribution >= 0.6 is 0 Å². The van der Waals surface area contributed by atoms with Crippen LogP contribution in [-0.4, -0.2) is 29.5 Å². The summed E-state index contributed by atoms with van der Waals surface area (Å²) in [4.78, 5) is 22.8. The van der Waals surface area contributed by atoms with Gasteiger partial charge in [-0.15, -0.1) is 0 Å². The fourth-order valence-electron chi connectivity index (χ4n) is 1.95. The van der Waals surface area contributed by atoms with Gasteiger partial charge in [-0.3, -0.25) is 4.79 Å². The second-order valence-electron chi connectivity index (χ2n) is 4.59. The van der Waals surface area contributed by atoms with Gasteiger partial charge in [-0.25, -0.2) is 13.6 Å². The molecular weight excluding hydrogens is 284 g/mol. The maximum atomic E-state index is 12.3. The Morgan fingerprint density at radius 2 is 2.10 bits per heavy atom. The van der Waals surface area contributed by atoms with E-state index >= 15 is 0 Å². The molecule has 0 aliphatic rings. The van der Waals surface area contributed by atoms with Crippen LogP contribution in [0, 0.1) is 6.92 Å². The van der Waals surface area contributed by atoms with Gasteiger partial charge in [0.15, 0.2) is 5.76 Å². The minimum absolute atomic E-state index is 0.111. The van der Waals surface area contributed by atoms with Crippen molar-refractivity contribution in [3.63, 3.8) is 0 Å². The van der Waals surface area contributed by atoms with Gasteiger partial charge in [0.1, 0.15) is 11.6 Å². The summed E-state index contributed by atoms with van der Waals surface area (Å²) in [5.41, 5.74) is 1.32. The first-order valence-corrected chi connectivity index (χ1v) is 6.19. The molecule has 7 heteroatoms. The van der Waals surface area contributed by atoms with Gasteiger partial charge in [-0.1, -0.05) is 18.2 Å². The van der Waals surface area contributed by atoms with Gasteiger partial charge in [0, 0.05) is 11.8 Å². The van der Waals surface area contributed by atoms with E-state index < -0.39 is 30.8 Å². The zero-order chi connectivity index (χ0) is 15.6. The van der Waals surface area contributed by atoms with E-state index in [2.05, 4.69) is 0 Å². The number of aryl methyl sites for hydroxylation is 1. The number of carbonyl (C=O) groups is 2. The minimum atomic E-state index is -2.83. The highest BCUT2D eigenvalue weighted by Crippen LogP contribution is 2.22. The molecule has 0 aliphatic heterocycles. The summed E-state index contributed by atoms with van der Waals surface area (Å²) in [5, 5.41) is 11.5. The molecule has 21 heavy (non-hydrogen) atoms. The van der Waals surface area contributed by atoms with Crippen molar-refractivity contribution in [3.8, 4) is 0 Å². The highest BCUT2D eigenvalue weighted by molar-refractivity contribution is 5.98. The second kappa shape index (κ2) is 5.90. The Hall–Kier alpha value is -2.44. The molecule has 0 fully saturated rings. The second-order valence-corrected chi connectivity index (χ2v) is 4.59. The molecule has 0 radical (unpaired) electrons. The number of benzene rings is 1. The molecule has 2 aromatic rings. The first kappa shape index (κ1) is 15.0. The van der Waals surface area contributed by atoms with E-state index in [1.807, 2.05) is 5.32 Å². The van der Waals surface area contributed by atoms with E-state index in [1.165, 1.54) is 6.07 Å². The number of alkyl halides is 2. The Kier molecular flexibility index (Phi) is 4.21. The van der Waals surface area contributed by atoms with Gasteiger partial charge < -0.3 is 14.8 Å². The van der Waals surface area contributed by atoms with Crippen LogP contribution in [0.2, 0.25) is 0 Å². The van der Waals surface area contributed by atoms with Crippen molar-refractivity contribution in [1.82, 2.24) is 5.32 Å². The molecule has 1 amide bonds. The Morgan fingerprint density at radius 1 is 1.38 bits per heavy atom. The lowest BCUT2D eigenvalue weighted by Gasteiger charge is -2.12. The molecule has 1 aromatic heterocycles. The van der Waals surface area contributed by atoms with Crippen molar-refractivity contribution in [2.75, 3.05) is 0 Å². The molecule has 0 aliphatic carbocycles. The van der Waals surface area contributed by atoms with Crippen LogP contribution in [0.3, 0.4) is 0 Å². The Labute approximate surface area is 118 Å². The maximum Gasteiger partial charge on any atom is 0.326 e. The molecule has 112 valence electrons. The SMILES string of the molecule is Cc1cccc2cc(C(=O)NC(CC(F)F)C(=O)O)oc12. The smallest absolute Gasteiger partial charge is 0.326 e. The Bertz CT molecular complexity index is 681. The predicted octanol–water partition coefficient (Wildman–Crippen LogP) is 2.58. The molecule has 0 saturated carbocycles. The first-order valence-electron chi connectivity index (χ1n) is 6.19. The van der Waals surface area contributed by atoms with Crippen LogP contribution in [-0.2, 0) is 4.79 Å². The van der Waals surface area contributed by atoms with Crippen LogP contribution in [0.5, 0.6) is 0 Å². The summed E-state index contributed by atoms with van der Waals surface area (Å²) >= 11 is 0. The van der Waals surface area contributed by atoms with E-state index in [0.29, 0.717) is 11.0 Å². The number of hydrogen-bond donors (Lipinski definition) is 2. The maximum absolute atomic E-state index is 12.3. The summed E-state index contributed by atoms with van der Waals surface area (Å²) in [7, 11) is 0. The van der Waals surface area contributed by atoms with Gasteiger partial charge in [0.2, 0.25) is 6.43 Å². The number of fused-ring (bicyclic) bond motifs is 1. The number of aliphatic carboxylic acids is 1. The quantitative estimate of drug-likeness (QED) is 0.889. The van der Waals surface area contributed by atoms with E-state index in [1.54, 1.807) is 25.1 Å². The van der Waals surface area contributed by atoms with Crippen molar-refractivity contribution in [2.24, 2.45) is 0 Å². The number of rotatable bonds is 5. The largest absolute Gasteiger partial charge is 0.480 e. The summed E-state index contributed by atoms with van der Waals surface area (Å²) in [6.45, 7) is 1.80. The minimum Gasteiger partial charge on any atom is -0.480 e. The van der Waals surface area contributed by atoms with Crippen molar-refractivity contribution >= 4 is 22.8 Å². The van der Waals surface area contributed by atoms with Crippen molar-refractivity contribution in [2.45, 2.75) is 25.8 Å². The van der Waals surface area contributed by atoms with Gasteiger partial charge in [0.25, 0.3) is 5.91 Å². The summed E-state index contributed by atoms with van der Waals surface area (Å²) < 4.78 is 29.9. The van der Waals surface area contributed by atoms with Crippen LogP contribution < -0.4 is 5.32 Å². The van der Waals surface area contributed by atoms with Gasteiger partial charge in [-0.2, -0.15) is 0 Å². The number of carbonyl (C=O) groups excluding carboxylic acids is 1. The van der Waals surface area contributed by atoms with Crippen LogP contribution in [0.25, 0.3) is 11.0 Å². The first-order chi connectivity index (χ1) is 9.88. The fraction of sp³-hybridized carbons (Fsp3) is 0.286. The molecule has 1 unspecified atom stereocenters. The molecule has 2 N–H and O–H groups in total. The predicted molar refractivity (Wildman–Crippen MR) is 70.5 cm³/mol. The van der Waals surface area contributed by atoms with E-state index in [0.717, 1.165) is 5.56 Å². The molecule has 1 heterocycles. The van der Waals surface area contributed by atoms with E-state index in [4.69, 9.17) is 9.52 Å². The van der Waals surface area contributed by atoms with E-state index in [9.17, 15) is 18.4 Å². The molecular formula is C14H13F2NO4. The number of para-hydroxylation sites is 1. The average Bonchev–Trinajstić information content (AvgIpc) is 2.82. The molecule has 5 nitrogen and oxygen atoms in total. The molecule has 1 atom stereocenters. The lowest BCUT2D eigenvalue weighted by molar-refractivity contribution is -0.140. The van der Waals surface area contributed by atoms with Crippen LogP contribution in [0.1, 0.15) is 22.5 Å². The fourth-order valence-corrected chi connectivity index (χ4v) is 1.95. The molecule has 0 spiro atoms. The number of amides is 1. The zero-order valence-corrected chi connectivity index (χ0v) is 11.1. The molecule has 2 rings (SSSR count). The summed E-state index contributed by atoms with van der Waals surface area (Å²) in [6.07, 6.45) is -3.79. The lowest BCUT2D eigenvalue weighted by atomic mass is 10.2. The number of furan rings is 1. The van der Waals surface area contributed by atoms with Crippen molar-refractivity contribution in [3.05, 3.63) is 35.6 Å². The monoisotopic (exact) mass is 297 g/mol. The van der Waals surface area contributed by atoms with Crippen LogP contribution in [0.4, 0.5) is 8.78 Å². The highest BCUT2D eigenvalue weighted by Gasteiger charge is 2.26. The van der Waals surface area contributed by atoms with Gasteiger partial charge >= 0.3 is 5.97 Å². The number of halogens is 2. The third-order valence-electron chi connectivity index (χ3n) is 2.98. The average molecular weight is 297 g/mol. The molecule has 0 bridgehead atoms. The third-order valence-corrected chi connectivity index (χ3v) is 2.98. The lowest BCUT2D eigenvalue weighted by Crippen LogP contribution is -2.41. The Morgan fingerprint density at radius 3 is 2.67 bits per heavy atom. The Balaban J connectivity index is 2.21. The van der Waals surface area contributed by atoms with Crippen molar-refractivity contribution < 1.29 is 27.9 Å². The van der Waals surface area contributed by atoms with Gasteiger partial charge in [-0.05, 0) is 18.6 Å². The third kappa shape index (κ3) is 3.36.